The zero-order chi connectivity index (χ0) is 13.9. The maximum Gasteiger partial charge on any atom is 0.267 e. The van der Waals surface area contributed by atoms with Gasteiger partial charge in [-0.25, -0.2) is 4.98 Å². The minimum atomic E-state index is -0.103. The highest BCUT2D eigenvalue weighted by Gasteiger charge is 2.24. The van der Waals surface area contributed by atoms with Crippen molar-refractivity contribution in [1.82, 2.24) is 14.9 Å². The minimum Gasteiger partial charge on any atom is -0.355 e. The minimum absolute atomic E-state index is 0.103. The van der Waals surface area contributed by atoms with Crippen LogP contribution < -0.4 is 10.5 Å². The van der Waals surface area contributed by atoms with Crippen LogP contribution in [0.25, 0.3) is 0 Å². The van der Waals surface area contributed by atoms with Gasteiger partial charge in [0.05, 0.1) is 6.33 Å². The van der Waals surface area contributed by atoms with E-state index in [2.05, 4.69) is 35.7 Å². The van der Waals surface area contributed by atoms with Crippen molar-refractivity contribution < 1.29 is 0 Å². The molecule has 0 aliphatic carbocycles. The number of rotatable bonds is 3. The third-order valence-electron chi connectivity index (χ3n) is 4.41. The monoisotopic (exact) mass is 340 g/mol. The number of anilines is 1. The lowest BCUT2D eigenvalue weighted by molar-refractivity contribution is 0.249. The van der Waals surface area contributed by atoms with E-state index in [9.17, 15) is 4.79 Å². The zero-order valence-corrected chi connectivity index (χ0v) is 13.2. The number of aromatic nitrogens is 2. The summed E-state index contributed by atoms with van der Waals surface area (Å²) in [6, 6.07) is 0. The number of H-pyrrole nitrogens is 1. The summed E-state index contributed by atoms with van der Waals surface area (Å²) in [6.45, 7) is 5.79. The fourth-order valence-electron chi connectivity index (χ4n) is 3.25. The van der Waals surface area contributed by atoms with Gasteiger partial charge in [-0.15, -0.1) is 0 Å². The molecular weight excluding hydrogens is 320 g/mol. The van der Waals surface area contributed by atoms with Crippen LogP contribution >= 0.6 is 15.9 Å². The molecule has 0 amide bonds. The highest BCUT2D eigenvalue weighted by molar-refractivity contribution is 9.10. The molecule has 2 fully saturated rings. The fourth-order valence-corrected chi connectivity index (χ4v) is 3.72. The molecule has 2 saturated heterocycles. The Morgan fingerprint density at radius 3 is 2.65 bits per heavy atom. The largest absolute Gasteiger partial charge is 0.355 e. The van der Waals surface area contributed by atoms with E-state index in [1.165, 1.54) is 51.6 Å². The maximum atomic E-state index is 11.6. The van der Waals surface area contributed by atoms with Crippen LogP contribution in [0.4, 0.5) is 5.82 Å². The highest BCUT2D eigenvalue weighted by Crippen LogP contribution is 2.26. The molecule has 1 aromatic heterocycles. The summed E-state index contributed by atoms with van der Waals surface area (Å²) in [5.41, 5.74) is -0.103. The molecule has 2 aliphatic rings. The van der Waals surface area contributed by atoms with Crippen molar-refractivity contribution in [3.05, 3.63) is 21.2 Å². The molecule has 110 valence electrons. The third-order valence-corrected chi connectivity index (χ3v) is 5.12. The van der Waals surface area contributed by atoms with Crippen LogP contribution in [0.2, 0.25) is 0 Å². The summed E-state index contributed by atoms with van der Waals surface area (Å²) < 4.78 is 0.554. The molecule has 0 saturated carbocycles. The van der Waals surface area contributed by atoms with E-state index in [1.807, 2.05) is 0 Å². The van der Waals surface area contributed by atoms with E-state index in [4.69, 9.17) is 0 Å². The number of likely N-dealkylation sites (tertiary alicyclic amines) is 1. The molecule has 0 spiro atoms. The van der Waals surface area contributed by atoms with Gasteiger partial charge in [-0.3, -0.25) is 4.79 Å². The predicted molar refractivity (Wildman–Crippen MR) is 83.2 cm³/mol. The average Bonchev–Trinajstić information content (AvgIpc) is 2.96. The predicted octanol–water partition coefficient (Wildman–Crippen LogP) is 1.84. The number of halogens is 1. The van der Waals surface area contributed by atoms with Crippen LogP contribution in [0.15, 0.2) is 15.6 Å². The Labute approximate surface area is 127 Å². The summed E-state index contributed by atoms with van der Waals surface area (Å²) in [5, 5.41) is 0. The van der Waals surface area contributed by atoms with Gasteiger partial charge >= 0.3 is 0 Å². The van der Waals surface area contributed by atoms with Gasteiger partial charge in [-0.1, -0.05) is 0 Å². The lowest BCUT2D eigenvalue weighted by atomic mass is 9.96. The second kappa shape index (κ2) is 6.26. The second-order valence-corrected chi connectivity index (χ2v) is 6.60. The van der Waals surface area contributed by atoms with Gasteiger partial charge < -0.3 is 14.8 Å². The van der Waals surface area contributed by atoms with Crippen LogP contribution in [0.1, 0.15) is 25.7 Å². The van der Waals surface area contributed by atoms with Crippen molar-refractivity contribution in [2.75, 3.05) is 37.6 Å². The Bertz CT molecular complexity index is 504. The van der Waals surface area contributed by atoms with Crippen molar-refractivity contribution in [2.24, 2.45) is 5.92 Å². The number of hydrogen-bond donors (Lipinski definition) is 1. The molecule has 0 aromatic carbocycles. The van der Waals surface area contributed by atoms with E-state index in [1.54, 1.807) is 0 Å². The van der Waals surface area contributed by atoms with E-state index in [-0.39, 0.29) is 5.56 Å². The van der Waals surface area contributed by atoms with Crippen LogP contribution in [-0.2, 0) is 0 Å². The molecule has 5 nitrogen and oxygen atoms in total. The molecule has 1 aromatic rings. The molecule has 0 unspecified atom stereocenters. The van der Waals surface area contributed by atoms with E-state index in [0.717, 1.165) is 24.8 Å². The molecule has 3 heterocycles. The van der Waals surface area contributed by atoms with Crippen molar-refractivity contribution in [1.29, 1.82) is 0 Å². The standard InChI is InChI=1S/C14H21BrN4O/c15-12-13(16-10-17-14(12)20)19-7-3-11(4-8-19)9-18-5-1-2-6-18/h10-11H,1-9H2,(H,16,17,20). The smallest absolute Gasteiger partial charge is 0.267 e. The van der Waals surface area contributed by atoms with Crippen LogP contribution in [0, 0.1) is 5.92 Å². The van der Waals surface area contributed by atoms with Gasteiger partial charge in [-0.05, 0) is 60.6 Å². The Kier molecular flexibility index (Phi) is 4.41. The molecule has 0 radical (unpaired) electrons. The lowest BCUT2D eigenvalue weighted by Crippen LogP contribution is -2.39. The van der Waals surface area contributed by atoms with Crippen molar-refractivity contribution in [3.8, 4) is 0 Å². The van der Waals surface area contributed by atoms with Gasteiger partial charge in [0.15, 0.2) is 0 Å². The molecule has 3 rings (SSSR count). The van der Waals surface area contributed by atoms with E-state index < -0.39 is 0 Å². The van der Waals surface area contributed by atoms with Crippen LogP contribution in [0.5, 0.6) is 0 Å². The summed E-state index contributed by atoms with van der Waals surface area (Å²) in [5.74, 6) is 1.58. The quantitative estimate of drug-likeness (QED) is 0.912. The first-order valence-corrected chi connectivity index (χ1v) is 8.24. The summed E-state index contributed by atoms with van der Waals surface area (Å²) in [4.78, 5) is 23.3. The van der Waals surface area contributed by atoms with E-state index in [0.29, 0.717) is 4.47 Å². The lowest BCUT2D eigenvalue weighted by Gasteiger charge is -2.34. The molecule has 0 bridgehead atoms. The Balaban J connectivity index is 1.58. The van der Waals surface area contributed by atoms with Gasteiger partial charge in [-0.2, -0.15) is 0 Å². The summed E-state index contributed by atoms with van der Waals surface area (Å²) in [6.07, 6.45) is 6.60. The molecule has 20 heavy (non-hydrogen) atoms. The normalized spacial score (nSPS) is 21.6. The SMILES string of the molecule is O=c1[nH]cnc(N2CCC(CN3CCCC3)CC2)c1Br. The first-order valence-electron chi connectivity index (χ1n) is 7.44. The Hall–Kier alpha value is -0.880. The van der Waals surface area contributed by atoms with Gasteiger partial charge in [0.2, 0.25) is 0 Å². The maximum absolute atomic E-state index is 11.6. The van der Waals surface area contributed by atoms with E-state index >= 15 is 0 Å². The highest BCUT2D eigenvalue weighted by atomic mass is 79.9. The summed E-state index contributed by atoms with van der Waals surface area (Å²) in [7, 11) is 0. The Morgan fingerprint density at radius 1 is 1.25 bits per heavy atom. The number of piperidine rings is 1. The molecule has 6 heteroatoms. The van der Waals surface area contributed by atoms with Gasteiger partial charge in [0.25, 0.3) is 5.56 Å². The molecule has 1 N–H and O–H groups in total. The van der Waals surface area contributed by atoms with Gasteiger partial charge in [0, 0.05) is 19.6 Å². The topological polar surface area (TPSA) is 52.2 Å². The van der Waals surface area contributed by atoms with Crippen molar-refractivity contribution in [3.63, 3.8) is 0 Å². The molecule has 2 aliphatic heterocycles. The molecular formula is C14H21BrN4O. The van der Waals surface area contributed by atoms with Crippen LogP contribution in [-0.4, -0.2) is 47.6 Å². The number of aromatic amines is 1. The first kappa shape index (κ1) is 14.1. The number of nitrogens with zero attached hydrogens (tertiary/aromatic N) is 3. The summed E-state index contributed by atoms with van der Waals surface area (Å²) >= 11 is 3.35. The van der Waals surface area contributed by atoms with Crippen molar-refractivity contribution >= 4 is 21.7 Å². The average molecular weight is 341 g/mol. The van der Waals surface area contributed by atoms with Crippen molar-refractivity contribution in [2.45, 2.75) is 25.7 Å². The number of hydrogen-bond acceptors (Lipinski definition) is 4. The van der Waals surface area contributed by atoms with Gasteiger partial charge in [0.1, 0.15) is 10.3 Å². The zero-order valence-electron chi connectivity index (χ0n) is 11.6. The third kappa shape index (κ3) is 3.06. The van der Waals surface area contributed by atoms with Crippen LogP contribution in [0.3, 0.4) is 0 Å². The first-order chi connectivity index (χ1) is 9.74. The second-order valence-electron chi connectivity index (χ2n) is 5.81. The fraction of sp³-hybridized carbons (Fsp3) is 0.714. The Morgan fingerprint density at radius 2 is 1.95 bits per heavy atom. The molecule has 0 atom stereocenters. The number of nitrogens with one attached hydrogen (secondary N) is 1.